The van der Waals surface area contributed by atoms with Gasteiger partial charge < -0.3 is 15.7 Å². The average Bonchev–Trinajstić information content (AvgIpc) is 2.46. The van der Waals surface area contributed by atoms with Crippen LogP contribution in [0.25, 0.3) is 0 Å². The van der Waals surface area contributed by atoms with Gasteiger partial charge in [0.05, 0.1) is 0 Å². The van der Waals surface area contributed by atoms with E-state index >= 15 is 0 Å². The van der Waals surface area contributed by atoms with Crippen LogP contribution in [0.2, 0.25) is 0 Å². The standard InChI is InChI=1S/C16H25N3O/c1-12(17)15-6-5-13(10-16(15)20)19-9-8-18-7-3-2-4-14(18)11-19/h5-6,10,12,14,20H,2-4,7-9,11,17H2,1H3. The van der Waals surface area contributed by atoms with Crippen molar-refractivity contribution < 1.29 is 5.11 Å². The van der Waals surface area contributed by atoms with Gasteiger partial charge in [-0.3, -0.25) is 4.90 Å². The number of aromatic hydroxyl groups is 1. The van der Waals surface area contributed by atoms with Gasteiger partial charge in [0.25, 0.3) is 0 Å². The first-order valence-electron chi connectivity index (χ1n) is 7.72. The SMILES string of the molecule is CC(N)c1ccc(N2CCN3CCCCC3C2)cc1O. The lowest BCUT2D eigenvalue weighted by Crippen LogP contribution is -2.54. The van der Waals surface area contributed by atoms with Crippen LogP contribution in [0.1, 0.15) is 37.8 Å². The molecule has 2 aliphatic rings. The number of hydrogen-bond donors (Lipinski definition) is 2. The summed E-state index contributed by atoms with van der Waals surface area (Å²) < 4.78 is 0. The summed E-state index contributed by atoms with van der Waals surface area (Å²) in [6.07, 6.45) is 4.00. The normalized spacial score (nSPS) is 25.3. The molecule has 0 bridgehead atoms. The van der Waals surface area contributed by atoms with Crippen molar-refractivity contribution in [1.29, 1.82) is 0 Å². The predicted molar refractivity (Wildman–Crippen MR) is 82.1 cm³/mol. The molecule has 4 heteroatoms. The highest BCUT2D eigenvalue weighted by Gasteiger charge is 2.29. The first-order chi connectivity index (χ1) is 9.65. The van der Waals surface area contributed by atoms with E-state index in [-0.39, 0.29) is 6.04 Å². The molecule has 1 aromatic carbocycles. The lowest BCUT2D eigenvalue weighted by atomic mass is 9.99. The van der Waals surface area contributed by atoms with Crippen LogP contribution in [0.15, 0.2) is 18.2 Å². The van der Waals surface area contributed by atoms with Crippen LogP contribution in [-0.2, 0) is 0 Å². The molecular formula is C16H25N3O. The van der Waals surface area contributed by atoms with E-state index in [1.807, 2.05) is 19.1 Å². The topological polar surface area (TPSA) is 52.7 Å². The molecule has 0 spiro atoms. The molecule has 2 atom stereocenters. The van der Waals surface area contributed by atoms with E-state index in [0.29, 0.717) is 11.8 Å². The Balaban J connectivity index is 1.75. The predicted octanol–water partition coefficient (Wildman–Crippen LogP) is 2.09. The summed E-state index contributed by atoms with van der Waals surface area (Å²) in [6, 6.07) is 6.49. The summed E-state index contributed by atoms with van der Waals surface area (Å²) in [5.74, 6) is 0.323. The number of anilines is 1. The second kappa shape index (κ2) is 5.62. The molecular weight excluding hydrogens is 250 g/mol. The molecule has 3 N–H and O–H groups in total. The number of rotatable bonds is 2. The van der Waals surface area contributed by atoms with E-state index in [1.165, 1.54) is 25.8 Å². The molecule has 0 radical (unpaired) electrons. The van der Waals surface area contributed by atoms with Gasteiger partial charge in [-0.1, -0.05) is 12.5 Å². The Bertz CT molecular complexity index is 475. The molecule has 2 saturated heterocycles. The number of piperazine rings is 1. The molecule has 2 aliphatic heterocycles. The molecule has 4 nitrogen and oxygen atoms in total. The fourth-order valence-corrected chi connectivity index (χ4v) is 3.50. The van der Waals surface area contributed by atoms with E-state index in [4.69, 9.17) is 5.73 Å². The van der Waals surface area contributed by atoms with Crippen molar-refractivity contribution in [3.05, 3.63) is 23.8 Å². The number of piperidine rings is 1. The van der Waals surface area contributed by atoms with Gasteiger partial charge in [-0.25, -0.2) is 0 Å². The average molecular weight is 275 g/mol. The van der Waals surface area contributed by atoms with E-state index in [9.17, 15) is 5.11 Å². The second-order valence-corrected chi connectivity index (χ2v) is 6.16. The van der Waals surface area contributed by atoms with Gasteiger partial charge in [-0.15, -0.1) is 0 Å². The van der Waals surface area contributed by atoms with Crippen LogP contribution in [0, 0.1) is 0 Å². The van der Waals surface area contributed by atoms with Gasteiger partial charge in [-0.2, -0.15) is 0 Å². The zero-order valence-electron chi connectivity index (χ0n) is 12.3. The Morgan fingerprint density at radius 1 is 1.25 bits per heavy atom. The van der Waals surface area contributed by atoms with E-state index in [1.54, 1.807) is 0 Å². The summed E-state index contributed by atoms with van der Waals surface area (Å²) in [7, 11) is 0. The largest absolute Gasteiger partial charge is 0.508 e. The van der Waals surface area contributed by atoms with Gasteiger partial charge in [0.2, 0.25) is 0 Å². The Labute approximate surface area is 121 Å². The highest BCUT2D eigenvalue weighted by atomic mass is 16.3. The molecule has 20 heavy (non-hydrogen) atoms. The number of phenols is 1. The minimum absolute atomic E-state index is 0.126. The quantitative estimate of drug-likeness (QED) is 0.868. The molecule has 2 fully saturated rings. The van der Waals surface area contributed by atoms with Crippen LogP contribution in [0.3, 0.4) is 0 Å². The fraction of sp³-hybridized carbons (Fsp3) is 0.625. The third-order valence-electron chi connectivity index (χ3n) is 4.71. The minimum Gasteiger partial charge on any atom is -0.508 e. The molecule has 1 aromatic rings. The lowest BCUT2D eigenvalue weighted by Gasteiger charge is -2.45. The third-order valence-corrected chi connectivity index (χ3v) is 4.71. The zero-order valence-corrected chi connectivity index (χ0v) is 12.3. The van der Waals surface area contributed by atoms with Crippen LogP contribution >= 0.6 is 0 Å². The monoisotopic (exact) mass is 275 g/mol. The number of nitrogens with zero attached hydrogens (tertiary/aromatic N) is 2. The maximum atomic E-state index is 10.1. The van der Waals surface area contributed by atoms with Gasteiger partial charge in [0.1, 0.15) is 5.75 Å². The van der Waals surface area contributed by atoms with E-state index in [2.05, 4.69) is 15.9 Å². The third kappa shape index (κ3) is 2.63. The smallest absolute Gasteiger partial charge is 0.122 e. The van der Waals surface area contributed by atoms with E-state index in [0.717, 1.165) is 30.9 Å². The van der Waals surface area contributed by atoms with Crippen molar-refractivity contribution in [3.8, 4) is 5.75 Å². The highest BCUT2D eigenvalue weighted by Crippen LogP contribution is 2.30. The first kappa shape index (κ1) is 13.7. The zero-order chi connectivity index (χ0) is 14.1. The van der Waals surface area contributed by atoms with Gasteiger partial charge >= 0.3 is 0 Å². The van der Waals surface area contributed by atoms with Gasteiger partial charge in [-0.05, 0) is 32.4 Å². The Hall–Kier alpha value is -1.26. The molecule has 2 heterocycles. The van der Waals surface area contributed by atoms with Crippen molar-refractivity contribution in [2.45, 2.75) is 38.3 Å². The maximum absolute atomic E-state index is 10.1. The van der Waals surface area contributed by atoms with Gasteiger partial charge in [0.15, 0.2) is 0 Å². The molecule has 0 saturated carbocycles. The molecule has 110 valence electrons. The van der Waals surface area contributed by atoms with Crippen molar-refractivity contribution in [2.24, 2.45) is 5.73 Å². The maximum Gasteiger partial charge on any atom is 0.122 e. The molecule has 3 rings (SSSR count). The second-order valence-electron chi connectivity index (χ2n) is 6.16. The Morgan fingerprint density at radius 3 is 2.85 bits per heavy atom. The summed E-state index contributed by atoms with van der Waals surface area (Å²) in [5.41, 5.74) is 7.80. The number of benzene rings is 1. The summed E-state index contributed by atoms with van der Waals surface area (Å²) in [4.78, 5) is 5.02. The number of phenolic OH excluding ortho intramolecular Hbond substituents is 1. The highest BCUT2D eigenvalue weighted by molar-refractivity contribution is 5.54. The Kier molecular flexibility index (Phi) is 3.85. The number of hydrogen-bond acceptors (Lipinski definition) is 4. The van der Waals surface area contributed by atoms with Crippen molar-refractivity contribution in [2.75, 3.05) is 31.1 Å². The minimum atomic E-state index is -0.126. The lowest BCUT2D eigenvalue weighted by molar-refractivity contribution is 0.133. The summed E-state index contributed by atoms with van der Waals surface area (Å²) in [6.45, 7) is 6.42. The van der Waals surface area contributed by atoms with Crippen LogP contribution < -0.4 is 10.6 Å². The van der Waals surface area contributed by atoms with Crippen molar-refractivity contribution in [1.82, 2.24) is 4.90 Å². The molecule has 0 amide bonds. The fourth-order valence-electron chi connectivity index (χ4n) is 3.50. The molecule has 0 aliphatic carbocycles. The summed E-state index contributed by atoms with van der Waals surface area (Å²) in [5, 5.41) is 10.1. The van der Waals surface area contributed by atoms with Crippen molar-refractivity contribution >= 4 is 5.69 Å². The number of fused-ring (bicyclic) bond motifs is 1. The molecule has 0 aromatic heterocycles. The number of nitrogens with two attached hydrogens (primary N) is 1. The molecule has 2 unspecified atom stereocenters. The van der Waals surface area contributed by atoms with E-state index < -0.39 is 0 Å². The van der Waals surface area contributed by atoms with Crippen molar-refractivity contribution in [3.63, 3.8) is 0 Å². The Morgan fingerprint density at radius 2 is 2.10 bits per heavy atom. The van der Waals surface area contributed by atoms with Crippen LogP contribution in [-0.4, -0.2) is 42.2 Å². The van der Waals surface area contributed by atoms with Gasteiger partial charge in [0, 0.05) is 49.0 Å². The van der Waals surface area contributed by atoms with Crippen LogP contribution in [0.4, 0.5) is 5.69 Å². The summed E-state index contributed by atoms with van der Waals surface area (Å²) >= 11 is 0. The van der Waals surface area contributed by atoms with Crippen LogP contribution in [0.5, 0.6) is 5.75 Å². The first-order valence-corrected chi connectivity index (χ1v) is 7.72.